The van der Waals surface area contributed by atoms with E-state index >= 15 is 0 Å². The van der Waals surface area contributed by atoms with E-state index in [0.29, 0.717) is 25.3 Å². The van der Waals surface area contributed by atoms with Gasteiger partial charge in [0, 0.05) is 6.26 Å². The fraction of sp³-hybridized carbons (Fsp3) is 0.909. The first-order valence-electron chi connectivity index (χ1n) is 5.79. The van der Waals surface area contributed by atoms with Gasteiger partial charge < -0.3 is 11.1 Å². The fourth-order valence-corrected chi connectivity index (χ4v) is 2.44. The third-order valence-electron chi connectivity index (χ3n) is 2.57. The van der Waals surface area contributed by atoms with Crippen molar-refractivity contribution in [2.24, 2.45) is 11.7 Å². The van der Waals surface area contributed by atoms with Crippen LogP contribution in [0.3, 0.4) is 0 Å². The molecule has 0 aromatic heterocycles. The minimum absolute atomic E-state index is 0.122. The number of primary amides is 1. The highest BCUT2D eigenvalue weighted by molar-refractivity contribution is 7.90. The van der Waals surface area contributed by atoms with Crippen LogP contribution in [0.1, 0.15) is 33.6 Å². The maximum atomic E-state index is 11.4. The topological polar surface area (TPSA) is 89.3 Å². The summed E-state index contributed by atoms with van der Waals surface area (Å²) in [4.78, 5) is 11.4. The van der Waals surface area contributed by atoms with Gasteiger partial charge in [0.2, 0.25) is 5.91 Å². The van der Waals surface area contributed by atoms with Crippen molar-refractivity contribution in [3.8, 4) is 0 Å². The number of carbonyl (C=O) groups is 1. The van der Waals surface area contributed by atoms with Crippen molar-refractivity contribution in [2.45, 2.75) is 39.2 Å². The van der Waals surface area contributed by atoms with Gasteiger partial charge in [-0.05, 0) is 32.2 Å². The lowest BCUT2D eigenvalue weighted by Gasteiger charge is -2.29. The molecule has 0 aliphatic carbocycles. The zero-order valence-corrected chi connectivity index (χ0v) is 11.9. The van der Waals surface area contributed by atoms with Gasteiger partial charge in [0.15, 0.2) is 0 Å². The van der Waals surface area contributed by atoms with Gasteiger partial charge in [0.1, 0.15) is 9.84 Å². The summed E-state index contributed by atoms with van der Waals surface area (Å²) in [6.07, 6.45) is 2.33. The summed E-state index contributed by atoms with van der Waals surface area (Å²) in [5.41, 5.74) is 4.61. The highest BCUT2D eigenvalue weighted by Gasteiger charge is 2.30. The van der Waals surface area contributed by atoms with E-state index in [9.17, 15) is 13.2 Å². The average Bonchev–Trinajstić information content (AvgIpc) is 2.09. The molecule has 6 heteroatoms. The van der Waals surface area contributed by atoms with Crippen molar-refractivity contribution in [1.29, 1.82) is 0 Å². The van der Waals surface area contributed by atoms with Gasteiger partial charge in [-0.1, -0.05) is 13.8 Å². The minimum atomic E-state index is -2.94. The van der Waals surface area contributed by atoms with E-state index in [1.165, 1.54) is 6.26 Å². The standard InChI is InChI=1S/C11H24N2O3S/c1-9(2)8-11(3,10(12)14)13-6-5-7-17(4,15)16/h9,13H,5-8H2,1-4H3,(H2,12,14)/t11-/m1/s1. The number of hydrogen-bond donors (Lipinski definition) is 2. The Kier molecular flexibility index (Phi) is 6.12. The van der Waals surface area contributed by atoms with Gasteiger partial charge >= 0.3 is 0 Å². The Morgan fingerprint density at radius 2 is 1.94 bits per heavy atom. The quantitative estimate of drug-likeness (QED) is 0.617. The molecule has 0 saturated carbocycles. The first-order chi connectivity index (χ1) is 7.57. The number of nitrogens with two attached hydrogens (primary N) is 1. The van der Waals surface area contributed by atoms with Crippen molar-refractivity contribution >= 4 is 15.7 Å². The zero-order chi connectivity index (χ0) is 13.7. The minimum Gasteiger partial charge on any atom is -0.368 e. The van der Waals surface area contributed by atoms with Gasteiger partial charge in [-0.15, -0.1) is 0 Å². The zero-order valence-electron chi connectivity index (χ0n) is 11.1. The average molecular weight is 264 g/mol. The molecule has 0 rings (SSSR count). The Morgan fingerprint density at radius 3 is 2.29 bits per heavy atom. The lowest BCUT2D eigenvalue weighted by atomic mass is 9.90. The molecule has 0 spiro atoms. The van der Waals surface area contributed by atoms with Crippen molar-refractivity contribution in [3.05, 3.63) is 0 Å². The third-order valence-corrected chi connectivity index (χ3v) is 3.60. The molecule has 0 radical (unpaired) electrons. The van der Waals surface area contributed by atoms with Gasteiger partial charge in [-0.2, -0.15) is 0 Å². The maximum absolute atomic E-state index is 11.4. The van der Waals surface area contributed by atoms with Crippen molar-refractivity contribution in [2.75, 3.05) is 18.6 Å². The lowest BCUT2D eigenvalue weighted by Crippen LogP contribution is -2.54. The molecule has 17 heavy (non-hydrogen) atoms. The Morgan fingerprint density at radius 1 is 1.41 bits per heavy atom. The second-order valence-corrected chi connectivity index (χ2v) is 7.46. The van der Waals surface area contributed by atoms with Crippen LogP contribution in [-0.4, -0.2) is 38.4 Å². The molecule has 3 N–H and O–H groups in total. The van der Waals surface area contributed by atoms with E-state index in [1.54, 1.807) is 6.92 Å². The Labute approximate surface area is 104 Å². The molecule has 102 valence electrons. The molecule has 0 heterocycles. The summed E-state index contributed by atoms with van der Waals surface area (Å²) in [5.74, 6) is 0.0664. The van der Waals surface area contributed by atoms with Crippen LogP contribution in [-0.2, 0) is 14.6 Å². The Hall–Kier alpha value is -0.620. The van der Waals surface area contributed by atoms with Crippen LogP contribution in [0.4, 0.5) is 0 Å². The number of nitrogens with one attached hydrogen (secondary N) is 1. The van der Waals surface area contributed by atoms with E-state index in [0.717, 1.165) is 0 Å². The molecule has 0 fully saturated rings. The second kappa shape index (κ2) is 6.35. The van der Waals surface area contributed by atoms with Crippen LogP contribution in [0.25, 0.3) is 0 Å². The highest BCUT2D eigenvalue weighted by Crippen LogP contribution is 2.16. The van der Waals surface area contributed by atoms with E-state index in [-0.39, 0.29) is 5.75 Å². The van der Waals surface area contributed by atoms with Crippen molar-refractivity contribution in [3.63, 3.8) is 0 Å². The van der Waals surface area contributed by atoms with Crippen molar-refractivity contribution < 1.29 is 13.2 Å². The highest BCUT2D eigenvalue weighted by atomic mass is 32.2. The molecule has 0 aromatic carbocycles. The van der Waals surface area contributed by atoms with Crippen LogP contribution in [0.2, 0.25) is 0 Å². The summed E-state index contributed by atoms with van der Waals surface area (Å²) >= 11 is 0. The van der Waals surface area contributed by atoms with Crippen LogP contribution in [0.15, 0.2) is 0 Å². The fourth-order valence-electron chi connectivity index (χ4n) is 1.78. The lowest BCUT2D eigenvalue weighted by molar-refractivity contribution is -0.124. The van der Waals surface area contributed by atoms with Crippen LogP contribution in [0, 0.1) is 5.92 Å². The monoisotopic (exact) mass is 264 g/mol. The summed E-state index contributed by atoms with van der Waals surface area (Å²) in [5, 5.41) is 3.06. The Bertz CT molecular complexity index is 352. The molecule has 0 aromatic rings. The van der Waals surface area contributed by atoms with Gasteiger partial charge in [0.05, 0.1) is 11.3 Å². The Balaban J connectivity index is 4.24. The van der Waals surface area contributed by atoms with Gasteiger partial charge in [-0.3, -0.25) is 4.79 Å². The van der Waals surface area contributed by atoms with Crippen LogP contribution >= 0.6 is 0 Å². The number of rotatable bonds is 8. The molecule has 0 unspecified atom stereocenters. The summed E-state index contributed by atoms with van der Waals surface area (Å²) in [6.45, 7) is 6.26. The summed E-state index contributed by atoms with van der Waals surface area (Å²) in [6, 6.07) is 0. The smallest absolute Gasteiger partial charge is 0.237 e. The van der Waals surface area contributed by atoms with E-state index < -0.39 is 21.3 Å². The van der Waals surface area contributed by atoms with Crippen molar-refractivity contribution in [1.82, 2.24) is 5.32 Å². The number of amides is 1. The molecule has 0 saturated heterocycles. The van der Waals surface area contributed by atoms with E-state index in [2.05, 4.69) is 5.32 Å². The predicted octanol–water partition coefficient (Wildman–Crippen LogP) is 0.301. The third kappa shape index (κ3) is 7.33. The molecule has 0 aliphatic heterocycles. The molecule has 0 aliphatic rings. The SMILES string of the molecule is CC(C)C[C@@](C)(NCCCS(C)(=O)=O)C(N)=O. The van der Waals surface area contributed by atoms with Gasteiger partial charge in [-0.25, -0.2) is 8.42 Å². The number of sulfone groups is 1. The molecule has 0 bridgehead atoms. The molecular formula is C11H24N2O3S. The summed E-state index contributed by atoms with van der Waals surface area (Å²) in [7, 11) is -2.94. The molecule has 1 amide bonds. The summed E-state index contributed by atoms with van der Waals surface area (Å²) < 4.78 is 21.9. The maximum Gasteiger partial charge on any atom is 0.237 e. The second-order valence-electron chi connectivity index (χ2n) is 5.20. The van der Waals surface area contributed by atoms with Crippen LogP contribution in [0.5, 0.6) is 0 Å². The predicted molar refractivity (Wildman–Crippen MR) is 69.4 cm³/mol. The van der Waals surface area contributed by atoms with E-state index in [1.807, 2.05) is 13.8 Å². The largest absolute Gasteiger partial charge is 0.368 e. The molecular weight excluding hydrogens is 240 g/mol. The number of carbonyl (C=O) groups excluding carboxylic acids is 1. The van der Waals surface area contributed by atoms with E-state index in [4.69, 9.17) is 5.73 Å². The molecule has 5 nitrogen and oxygen atoms in total. The normalized spacial score (nSPS) is 15.8. The van der Waals surface area contributed by atoms with Crippen LogP contribution < -0.4 is 11.1 Å². The molecule has 1 atom stereocenters. The first kappa shape index (κ1) is 16.4. The number of hydrogen-bond acceptors (Lipinski definition) is 4. The van der Waals surface area contributed by atoms with Gasteiger partial charge in [0.25, 0.3) is 0 Å². The first-order valence-corrected chi connectivity index (χ1v) is 7.85.